The van der Waals surface area contributed by atoms with Crippen LogP contribution >= 0.6 is 23.2 Å². The fraction of sp³-hybridized carbons (Fsp3) is 0.250. The van der Waals surface area contributed by atoms with Gasteiger partial charge in [0.05, 0.1) is 21.3 Å². The van der Waals surface area contributed by atoms with Crippen LogP contribution in [0.4, 0.5) is 23.2 Å². The van der Waals surface area contributed by atoms with Crippen LogP contribution < -0.4 is 15.7 Å². The van der Waals surface area contributed by atoms with Gasteiger partial charge in [-0.15, -0.1) is 5.10 Å². The van der Waals surface area contributed by atoms with Crippen LogP contribution in [-0.2, 0) is 13.2 Å². The summed E-state index contributed by atoms with van der Waals surface area (Å²) in [4.78, 5) is 25.4. The van der Waals surface area contributed by atoms with Gasteiger partial charge in [-0.1, -0.05) is 29.3 Å². The van der Waals surface area contributed by atoms with Gasteiger partial charge in [0.25, 0.3) is 5.91 Å². The fourth-order valence-corrected chi connectivity index (χ4v) is 3.48. The molecule has 0 aliphatic carbocycles. The predicted octanol–water partition coefficient (Wildman–Crippen LogP) is 4.19. The van der Waals surface area contributed by atoms with E-state index in [0.717, 1.165) is 10.6 Å². The molecule has 0 bridgehead atoms. The summed E-state index contributed by atoms with van der Waals surface area (Å²) in [5.41, 5.74) is -2.11. The maximum Gasteiger partial charge on any atom is 0.422 e. The fourth-order valence-electron chi connectivity index (χ4n) is 2.99. The molecular weight excluding hydrogens is 507 g/mol. The van der Waals surface area contributed by atoms with Crippen LogP contribution in [0.1, 0.15) is 23.1 Å². The van der Waals surface area contributed by atoms with Gasteiger partial charge in [-0.25, -0.2) is 9.18 Å². The zero-order chi connectivity index (χ0) is 25.2. The molecule has 2 aromatic carbocycles. The van der Waals surface area contributed by atoms with Crippen molar-refractivity contribution in [2.75, 3.05) is 11.9 Å². The number of hydrogen-bond donors (Lipinski definition) is 2. The molecule has 0 aliphatic rings. The molecule has 0 fully saturated rings. The number of halogens is 6. The lowest BCUT2D eigenvalue weighted by molar-refractivity contribution is -0.153. The number of carbonyl (C=O) groups is 1. The number of hydrogen-bond acceptors (Lipinski definition) is 5. The first-order chi connectivity index (χ1) is 16.0. The lowest BCUT2D eigenvalue weighted by Gasteiger charge is -2.16. The molecule has 1 amide bonds. The Bertz CT molecular complexity index is 1270. The van der Waals surface area contributed by atoms with E-state index in [2.05, 4.69) is 10.4 Å². The van der Waals surface area contributed by atoms with Crippen molar-refractivity contribution in [3.05, 3.63) is 68.1 Å². The molecule has 1 heterocycles. The lowest BCUT2D eigenvalue weighted by Crippen LogP contribution is -2.25. The molecule has 1 aromatic heterocycles. The third kappa shape index (κ3) is 5.34. The van der Waals surface area contributed by atoms with Crippen LogP contribution in [0.5, 0.6) is 5.75 Å². The van der Waals surface area contributed by atoms with Crippen molar-refractivity contribution >= 4 is 34.8 Å². The van der Waals surface area contributed by atoms with E-state index in [4.69, 9.17) is 27.9 Å². The third-order valence-corrected chi connectivity index (χ3v) is 5.14. The maximum absolute atomic E-state index is 15.0. The molecule has 3 rings (SSSR count). The first-order valence-corrected chi connectivity index (χ1v) is 10.3. The highest BCUT2D eigenvalue weighted by atomic mass is 35.5. The van der Waals surface area contributed by atoms with E-state index in [1.54, 1.807) is 6.92 Å². The number of alkyl halides is 3. The van der Waals surface area contributed by atoms with Crippen molar-refractivity contribution < 1.29 is 32.2 Å². The van der Waals surface area contributed by atoms with Crippen molar-refractivity contribution in [3.8, 4) is 11.4 Å². The second-order valence-corrected chi connectivity index (χ2v) is 7.58. The number of anilines is 1. The quantitative estimate of drug-likeness (QED) is 0.453. The highest BCUT2D eigenvalue weighted by Crippen LogP contribution is 2.32. The Kier molecular flexibility index (Phi) is 7.54. The summed E-state index contributed by atoms with van der Waals surface area (Å²) in [7, 11) is 0. The number of nitrogens with zero attached hydrogens (tertiary/aromatic N) is 3. The summed E-state index contributed by atoms with van der Waals surface area (Å²) in [6.07, 6.45) is -4.78. The Balaban J connectivity index is 2.12. The SMILES string of the molecule is CCn1c(CO)nn(-c2cc(OCC(F)(F)F)c(C(=O)Nc3c(Cl)cccc3Cl)cc2F)c1=O. The number of nitrogens with one attached hydrogen (secondary N) is 1. The Labute approximate surface area is 199 Å². The number of aliphatic hydroxyl groups excluding tert-OH is 1. The minimum atomic E-state index is -4.78. The van der Waals surface area contributed by atoms with Crippen molar-refractivity contribution in [1.29, 1.82) is 0 Å². The van der Waals surface area contributed by atoms with Crippen molar-refractivity contribution in [3.63, 3.8) is 0 Å². The summed E-state index contributed by atoms with van der Waals surface area (Å²) in [5, 5.41) is 15.6. The number of aliphatic hydroxyl groups is 1. The van der Waals surface area contributed by atoms with Crippen LogP contribution in [0.15, 0.2) is 35.1 Å². The summed E-state index contributed by atoms with van der Waals surface area (Å²) < 4.78 is 59.8. The smallest absolute Gasteiger partial charge is 0.422 e. The van der Waals surface area contributed by atoms with E-state index in [9.17, 15) is 32.3 Å². The zero-order valence-corrected chi connectivity index (χ0v) is 18.8. The van der Waals surface area contributed by atoms with Gasteiger partial charge in [0.1, 0.15) is 23.9 Å². The number of benzene rings is 2. The van der Waals surface area contributed by atoms with Crippen molar-refractivity contribution in [1.82, 2.24) is 14.3 Å². The van der Waals surface area contributed by atoms with Crippen molar-refractivity contribution in [2.24, 2.45) is 0 Å². The third-order valence-electron chi connectivity index (χ3n) is 4.51. The van der Waals surface area contributed by atoms with E-state index in [0.29, 0.717) is 10.7 Å². The summed E-state index contributed by atoms with van der Waals surface area (Å²) in [6.45, 7) is -0.777. The number of aromatic nitrogens is 3. The van der Waals surface area contributed by atoms with Crippen LogP contribution in [0.25, 0.3) is 5.69 Å². The molecule has 0 saturated heterocycles. The number of amides is 1. The Morgan fingerprint density at radius 2 is 1.88 bits per heavy atom. The van der Waals surface area contributed by atoms with Gasteiger partial charge >= 0.3 is 11.9 Å². The van der Waals surface area contributed by atoms with E-state index >= 15 is 0 Å². The highest BCUT2D eigenvalue weighted by molar-refractivity contribution is 6.40. The summed E-state index contributed by atoms with van der Waals surface area (Å²) in [5.74, 6) is -3.01. The molecule has 0 unspecified atom stereocenters. The monoisotopic (exact) mass is 522 g/mol. The van der Waals surface area contributed by atoms with Gasteiger partial charge in [0, 0.05) is 12.6 Å². The highest BCUT2D eigenvalue weighted by Gasteiger charge is 2.30. The van der Waals surface area contributed by atoms with Gasteiger partial charge in [-0.2, -0.15) is 17.9 Å². The van der Waals surface area contributed by atoms with Gasteiger partial charge in [-0.05, 0) is 25.1 Å². The topological polar surface area (TPSA) is 98.4 Å². The van der Waals surface area contributed by atoms with Gasteiger partial charge in [0.15, 0.2) is 12.4 Å². The number of para-hydroxylation sites is 1. The molecular formula is C20H16Cl2F4N4O4. The molecule has 34 heavy (non-hydrogen) atoms. The first kappa shape index (κ1) is 25.5. The van der Waals surface area contributed by atoms with Crippen LogP contribution in [0, 0.1) is 5.82 Å². The standard InChI is InChI=1S/C20H16Cl2F4N4O4/c1-2-29-16(8-31)28-30(19(29)33)14-7-15(34-9-20(24,25)26)10(6-13(14)23)18(32)27-17-11(21)4-3-5-12(17)22/h3-7,31H,2,8-9H2,1H3,(H,27,32). The normalized spacial score (nSPS) is 11.5. The maximum atomic E-state index is 15.0. The zero-order valence-electron chi connectivity index (χ0n) is 17.3. The molecule has 3 aromatic rings. The number of rotatable bonds is 7. The van der Waals surface area contributed by atoms with Crippen molar-refractivity contribution in [2.45, 2.75) is 26.3 Å². The van der Waals surface area contributed by atoms with Gasteiger partial charge < -0.3 is 15.2 Å². The first-order valence-electron chi connectivity index (χ1n) is 9.55. The molecule has 0 radical (unpaired) electrons. The van der Waals surface area contributed by atoms with Crippen LogP contribution in [-0.4, -0.2) is 38.1 Å². The van der Waals surface area contributed by atoms with E-state index in [1.807, 2.05) is 0 Å². The van der Waals surface area contributed by atoms with E-state index in [-0.39, 0.29) is 28.1 Å². The average molecular weight is 523 g/mol. The van der Waals surface area contributed by atoms with E-state index < -0.39 is 53.8 Å². The van der Waals surface area contributed by atoms with Gasteiger partial charge in [0.2, 0.25) is 0 Å². The summed E-state index contributed by atoms with van der Waals surface area (Å²) >= 11 is 12.0. The molecule has 0 saturated carbocycles. The largest absolute Gasteiger partial charge is 0.483 e. The predicted molar refractivity (Wildman–Crippen MR) is 115 cm³/mol. The van der Waals surface area contributed by atoms with E-state index in [1.165, 1.54) is 18.2 Å². The van der Waals surface area contributed by atoms with Crippen LogP contribution in [0.3, 0.4) is 0 Å². The molecule has 8 nitrogen and oxygen atoms in total. The molecule has 0 atom stereocenters. The number of ether oxygens (including phenoxy) is 1. The lowest BCUT2D eigenvalue weighted by atomic mass is 10.1. The molecule has 0 aliphatic heterocycles. The minimum absolute atomic E-state index is 0.0314. The molecule has 182 valence electrons. The molecule has 2 N–H and O–H groups in total. The summed E-state index contributed by atoms with van der Waals surface area (Å²) in [6, 6.07) is 5.64. The second-order valence-electron chi connectivity index (χ2n) is 6.77. The Morgan fingerprint density at radius 1 is 1.24 bits per heavy atom. The van der Waals surface area contributed by atoms with Gasteiger partial charge in [-0.3, -0.25) is 9.36 Å². The Hall–Kier alpha value is -3.09. The second kappa shape index (κ2) is 10.0. The van der Waals surface area contributed by atoms with Crippen LogP contribution in [0.2, 0.25) is 10.0 Å². The average Bonchev–Trinajstić information content (AvgIpc) is 3.09. The number of carbonyl (C=O) groups excluding carboxylic acids is 1. The molecule has 0 spiro atoms. The molecule has 14 heteroatoms. The minimum Gasteiger partial charge on any atom is -0.483 e. The Morgan fingerprint density at radius 3 is 2.41 bits per heavy atom.